The highest BCUT2D eigenvalue weighted by molar-refractivity contribution is 6.32. The molecule has 0 saturated carbocycles. The summed E-state index contributed by atoms with van der Waals surface area (Å²) in [5.74, 6) is 1.31. The lowest BCUT2D eigenvalue weighted by Crippen LogP contribution is -2.83. The zero-order valence-corrected chi connectivity index (χ0v) is 15.4. The van der Waals surface area contributed by atoms with Crippen LogP contribution in [0.15, 0.2) is 42.6 Å². The third kappa shape index (κ3) is 4.09. The number of methoxy groups -OCH3 is 1. The number of aromatic amines is 1. The zero-order chi connectivity index (χ0) is 17.6. The molecule has 0 radical (unpaired) electrons. The van der Waals surface area contributed by atoms with Crippen molar-refractivity contribution in [3.05, 3.63) is 58.7 Å². The van der Waals surface area contributed by atoms with Crippen LogP contribution in [0.4, 0.5) is 0 Å². The molecular weight excluding hydrogens is 336 g/mol. The summed E-state index contributed by atoms with van der Waals surface area (Å²) in [5.41, 5.74) is 3.68. The van der Waals surface area contributed by atoms with E-state index in [1.54, 1.807) is 7.11 Å². The third-order valence-corrected chi connectivity index (χ3v) is 4.53. The average Bonchev–Trinajstić information content (AvgIpc) is 3.04. The molecule has 0 saturated heterocycles. The number of aromatic nitrogens is 1. The number of quaternary nitrogens is 1. The summed E-state index contributed by atoms with van der Waals surface area (Å²) >= 11 is 6.33. The Morgan fingerprint density at radius 2 is 2.04 bits per heavy atom. The van der Waals surface area contributed by atoms with Crippen LogP contribution in [0, 0.1) is 0 Å². The molecule has 3 aromatic rings. The number of halogens is 1. The van der Waals surface area contributed by atoms with Gasteiger partial charge in [0.2, 0.25) is 0 Å². The molecule has 0 aliphatic rings. The third-order valence-electron chi connectivity index (χ3n) is 4.25. The van der Waals surface area contributed by atoms with Crippen LogP contribution in [0.5, 0.6) is 11.5 Å². The number of hydrogen-bond donors (Lipinski definition) is 2. The summed E-state index contributed by atoms with van der Waals surface area (Å²) in [4.78, 5) is 3.33. The SMILES string of the molecule is CCOc1c(Cl)cc(C[NH2+]CCc2c[nH]c3ccccc23)cc1OC. The first kappa shape index (κ1) is 17.6. The molecule has 1 aromatic heterocycles. The standard InChI is InChI=1S/C20H23ClN2O2/c1-3-25-20-17(21)10-14(11-19(20)24-2)12-22-9-8-15-13-23-18-7-5-4-6-16(15)18/h4-7,10-11,13,22-23H,3,8-9,12H2,1-2H3/p+1. The molecule has 0 spiro atoms. The van der Waals surface area contributed by atoms with Gasteiger partial charge in [-0.2, -0.15) is 0 Å². The van der Waals surface area contributed by atoms with Gasteiger partial charge in [-0.25, -0.2) is 0 Å². The average molecular weight is 360 g/mol. The minimum atomic E-state index is 0.562. The molecule has 1 heterocycles. The Hall–Kier alpha value is -2.17. The Morgan fingerprint density at radius 1 is 1.20 bits per heavy atom. The van der Waals surface area contributed by atoms with E-state index in [-0.39, 0.29) is 0 Å². The molecule has 25 heavy (non-hydrogen) atoms. The first-order valence-electron chi connectivity index (χ1n) is 8.58. The van der Waals surface area contributed by atoms with Gasteiger partial charge < -0.3 is 19.8 Å². The first-order valence-corrected chi connectivity index (χ1v) is 8.96. The highest BCUT2D eigenvalue weighted by Crippen LogP contribution is 2.36. The number of para-hydroxylation sites is 1. The van der Waals surface area contributed by atoms with Crippen molar-refractivity contribution in [3.8, 4) is 11.5 Å². The minimum absolute atomic E-state index is 0.562. The Balaban J connectivity index is 1.59. The van der Waals surface area contributed by atoms with Gasteiger partial charge in [-0.1, -0.05) is 29.8 Å². The van der Waals surface area contributed by atoms with E-state index in [2.05, 4.69) is 40.8 Å². The molecule has 0 atom stereocenters. The number of H-pyrrole nitrogens is 1. The van der Waals surface area contributed by atoms with Crippen LogP contribution in [0.3, 0.4) is 0 Å². The zero-order valence-electron chi connectivity index (χ0n) is 14.6. The van der Waals surface area contributed by atoms with E-state index in [4.69, 9.17) is 21.1 Å². The van der Waals surface area contributed by atoms with E-state index in [1.807, 2.05) is 19.1 Å². The summed E-state index contributed by atoms with van der Waals surface area (Å²) in [5, 5.41) is 4.19. The lowest BCUT2D eigenvalue weighted by Gasteiger charge is -2.12. The predicted octanol–water partition coefficient (Wildman–Crippen LogP) is 3.53. The van der Waals surface area contributed by atoms with Crippen molar-refractivity contribution < 1.29 is 14.8 Å². The van der Waals surface area contributed by atoms with Crippen molar-refractivity contribution in [1.29, 1.82) is 0 Å². The first-order chi connectivity index (χ1) is 12.2. The smallest absolute Gasteiger partial charge is 0.179 e. The van der Waals surface area contributed by atoms with Crippen molar-refractivity contribution in [2.24, 2.45) is 0 Å². The molecular formula is C20H24ClN2O2+. The number of hydrogen-bond acceptors (Lipinski definition) is 2. The molecule has 0 aliphatic carbocycles. The van der Waals surface area contributed by atoms with E-state index in [0.29, 0.717) is 23.1 Å². The Bertz CT molecular complexity index is 845. The molecule has 2 aromatic carbocycles. The monoisotopic (exact) mass is 359 g/mol. The second kappa shape index (κ2) is 8.28. The van der Waals surface area contributed by atoms with E-state index in [9.17, 15) is 0 Å². The van der Waals surface area contributed by atoms with Crippen molar-refractivity contribution in [1.82, 2.24) is 4.98 Å². The van der Waals surface area contributed by atoms with Gasteiger partial charge >= 0.3 is 0 Å². The molecule has 5 heteroatoms. The second-order valence-corrected chi connectivity index (χ2v) is 6.34. The van der Waals surface area contributed by atoms with Crippen LogP contribution in [-0.2, 0) is 13.0 Å². The predicted molar refractivity (Wildman–Crippen MR) is 102 cm³/mol. The molecule has 3 N–H and O–H groups in total. The van der Waals surface area contributed by atoms with Crippen molar-refractivity contribution in [2.75, 3.05) is 20.3 Å². The maximum Gasteiger partial charge on any atom is 0.179 e. The van der Waals surface area contributed by atoms with Gasteiger partial charge in [-0.05, 0) is 30.7 Å². The van der Waals surface area contributed by atoms with Crippen LogP contribution >= 0.6 is 11.6 Å². The van der Waals surface area contributed by atoms with Crippen LogP contribution in [-0.4, -0.2) is 25.2 Å². The highest BCUT2D eigenvalue weighted by Gasteiger charge is 2.12. The molecule has 0 bridgehead atoms. The lowest BCUT2D eigenvalue weighted by molar-refractivity contribution is -0.670. The number of fused-ring (bicyclic) bond motifs is 1. The molecule has 0 fully saturated rings. The van der Waals surface area contributed by atoms with Crippen LogP contribution in [0.2, 0.25) is 5.02 Å². The molecule has 0 amide bonds. The second-order valence-electron chi connectivity index (χ2n) is 5.93. The van der Waals surface area contributed by atoms with Gasteiger partial charge in [0.1, 0.15) is 6.54 Å². The quantitative estimate of drug-likeness (QED) is 0.604. The van der Waals surface area contributed by atoms with Crippen molar-refractivity contribution in [3.63, 3.8) is 0 Å². The summed E-state index contributed by atoms with van der Waals surface area (Å²) in [6.45, 7) is 4.36. The lowest BCUT2D eigenvalue weighted by atomic mass is 10.1. The van der Waals surface area contributed by atoms with E-state index < -0.39 is 0 Å². The number of ether oxygens (including phenoxy) is 2. The van der Waals surface area contributed by atoms with Gasteiger partial charge in [0, 0.05) is 29.1 Å². The minimum Gasteiger partial charge on any atom is -0.493 e. The number of benzene rings is 2. The van der Waals surface area contributed by atoms with Gasteiger partial charge in [-0.15, -0.1) is 0 Å². The molecule has 0 unspecified atom stereocenters. The van der Waals surface area contributed by atoms with Crippen molar-refractivity contribution >= 4 is 22.5 Å². The molecule has 3 rings (SSSR count). The summed E-state index contributed by atoms with van der Waals surface area (Å²) < 4.78 is 11.0. The normalized spacial score (nSPS) is 11.0. The van der Waals surface area contributed by atoms with E-state index in [1.165, 1.54) is 16.5 Å². The summed E-state index contributed by atoms with van der Waals surface area (Å²) in [6.07, 6.45) is 3.13. The highest BCUT2D eigenvalue weighted by atomic mass is 35.5. The van der Waals surface area contributed by atoms with E-state index in [0.717, 1.165) is 25.1 Å². The van der Waals surface area contributed by atoms with Gasteiger partial charge in [0.15, 0.2) is 11.5 Å². The largest absolute Gasteiger partial charge is 0.493 e. The van der Waals surface area contributed by atoms with E-state index >= 15 is 0 Å². The van der Waals surface area contributed by atoms with Gasteiger partial charge in [0.05, 0.1) is 25.3 Å². The fourth-order valence-electron chi connectivity index (χ4n) is 3.04. The van der Waals surface area contributed by atoms with Gasteiger partial charge in [0.25, 0.3) is 0 Å². The molecule has 0 aliphatic heterocycles. The number of nitrogens with one attached hydrogen (secondary N) is 1. The Kier molecular flexibility index (Phi) is 5.84. The maximum atomic E-state index is 6.33. The fraction of sp³-hybridized carbons (Fsp3) is 0.300. The van der Waals surface area contributed by atoms with Crippen LogP contribution in [0.1, 0.15) is 18.1 Å². The maximum absolute atomic E-state index is 6.33. The molecule has 4 nitrogen and oxygen atoms in total. The number of nitrogens with two attached hydrogens (primary N) is 1. The van der Waals surface area contributed by atoms with Gasteiger partial charge in [-0.3, -0.25) is 0 Å². The molecule has 132 valence electrons. The van der Waals surface area contributed by atoms with Crippen molar-refractivity contribution in [2.45, 2.75) is 19.9 Å². The van der Waals surface area contributed by atoms with Crippen LogP contribution < -0.4 is 14.8 Å². The Morgan fingerprint density at radius 3 is 2.84 bits per heavy atom. The summed E-state index contributed by atoms with van der Waals surface area (Å²) in [7, 11) is 1.64. The van der Waals surface area contributed by atoms with Crippen LogP contribution in [0.25, 0.3) is 10.9 Å². The topological polar surface area (TPSA) is 50.9 Å². The fourth-order valence-corrected chi connectivity index (χ4v) is 3.33. The number of rotatable bonds is 8. The Labute approximate surface area is 153 Å². The summed E-state index contributed by atoms with van der Waals surface area (Å²) in [6, 6.07) is 12.4.